The summed E-state index contributed by atoms with van der Waals surface area (Å²) >= 11 is 7.48. The van der Waals surface area contributed by atoms with Crippen molar-refractivity contribution in [3.63, 3.8) is 0 Å². The Kier molecular flexibility index (Phi) is 7.64. The fourth-order valence-electron chi connectivity index (χ4n) is 2.98. The molecular weight excluding hydrogens is 486 g/mol. The fraction of sp³-hybridized carbons (Fsp3) is 0.333. The number of carbonyl (C=O) groups excluding carboxylic acids is 5. The Bertz CT molecular complexity index is 1020. The highest BCUT2D eigenvalue weighted by Crippen LogP contribution is 2.41. The maximum Gasteiger partial charge on any atom is 0.277 e. The van der Waals surface area contributed by atoms with Crippen LogP contribution >= 0.6 is 35.1 Å². The third-order valence-electron chi connectivity index (χ3n) is 4.41. The molecule has 2 aliphatic heterocycles. The first-order chi connectivity index (χ1) is 15.3. The fourth-order valence-corrected chi connectivity index (χ4v) is 5.39. The molecule has 32 heavy (non-hydrogen) atoms. The van der Waals surface area contributed by atoms with Gasteiger partial charge < -0.3 is 24.5 Å². The number of nitrogens with one attached hydrogen (secondary N) is 1. The molecule has 14 heteroatoms. The summed E-state index contributed by atoms with van der Waals surface area (Å²) in [6, 6.07) is 1.94. The first kappa shape index (κ1) is 23.9. The molecule has 1 saturated heterocycles. The van der Waals surface area contributed by atoms with Crippen LogP contribution in [0.4, 0.5) is 0 Å². The van der Waals surface area contributed by atoms with Gasteiger partial charge >= 0.3 is 0 Å². The second-order valence-electron chi connectivity index (χ2n) is 6.33. The van der Waals surface area contributed by atoms with Crippen molar-refractivity contribution >= 4 is 69.5 Å². The Morgan fingerprint density at radius 3 is 2.78 bits per heavy atom. The number of fused-ring (bicyclic) bond motifs is 1. The standard InChI is InChI=1S/C18H16ClN3O8S2/c1-29-21-11(9(23)5-19)14(24)20-12-15(25)22-13(17(26)27)8(6-31-16(12)22)7-32-18(28)10-3-2-4-30-10/h2-4,12,16H,5-7H2,1H3,(H,20,24)(H,26,27)/p-1/b21-11-/t12-,16?/m1/s1. The van der Waals surface area contributed by atoms with Gasteiger partial charge in [-0.2, -0.15) is 0 Å². The molecule has 1 aromatic rings. The van der Waals surface area contributed by atoms with E-state index in [4.69, 9.17) is 16.0 Å². The molecule has 0 spiro atoms. The van der Waals surface area contributed by atoms with Crippen LogP contribution in [0.1, 0.15) is 10.6 Å². The summed E-state index contributed by atoms with van der Waals surface area (Å²) in [6.45, 7) is 0. The Balaban J connectivity index is 1.73. The number of carboxylic acid groups (broad SMARTS) is 1. The number of hydrogen-bond acceptors (Lipinski definition) is 11. The van der Waals surface area contributed by atoms with Gasteiger partial charge in [0.05, 0.1) is 23.8 Å². The number of β-lactam (4-membered cyclic amide) rings is 1. The number of amides is 2. The number of alkyl halides is 1. The zero-order valence-electron chi connectivity index (χ0n) is 16.4. The topological polar surface area (TPSA) is 158 Å². The lowest BCUT2D eigenvalue weighted by molar-refractivity contribution is -0.301. The molecular formula is C18H15ClN3O8S2-. The van der Waals surface area contributed by atoms with Crippen LogP contribution in [0.25, 0.3) is 0 Å². The second kappa shape index (κ2) is 10.2. The zero-order chi connectivity index (χ0) is 23.4. The molecule has 170 valence electrons. The predicted octanol–water partition coefficient (Wildman–Crippen LogP) is -0.633. The number of furan rings is 1. The molecule has 2 amide bonds. The number of halogens is 1. The summed E-state index contributed by atoms with van der Waals surface area (Å²) in [5.41, 5.74) is -0.626. The van der Waals surface area contributed by atoms with Gasteiger partial charge in [-0.05, 0) is 17.7 Å². The molecule has 11 nitrogen and oxygen atoms in total. The van der Waals surface area contributed by atoms with Crippen LogP contribution in [0.3, 0.4) is 0 Å². The van der Waals surface area contributed by atoms with E-state index in [0.29, 0.717) is 5.57 Å². The molecule has 0 aliphatic carbocycles. The minimum atomic E-state index is -1.58. The highest BCUT2D eigenvalue weighted by Gasteiger charge is 2.53. The lowest BCUT2D eigenvalue weighted by atomic mass is 10.0. The Morgan fingerprint density at radius 2 is 2.19 bits per heavy atom. The molecule has 1 unspecified atom stereocenters. The van der Waals surface area contributed by atoms with E-state index in [9.17, 15) is 29.1 Å². The smallest absolute Gasteiger partial charge is 0.277 e. The molecule has 1 N–H and O–H groups in total. The number of ketones is 1. The van der Waals surface area contributed by atoms with Crippen molar-refractivity contribution in [2.24, 2.45) is 5.16 Å². The zero-order valence-corrected chi connectivity index (χ0v) is 18.8. The highest BCUT2D eigenvalue weighted by atomic mass is 35.5. The summed E-state index contributed by atoms with van der Waals surface area (Å²) in [6.07, 6.45) is 1.34. The first-order valence-electron chi connectivity index (χ1n) is 8.90. The minimum Gasteiger partial charge on any atom is -0.543 e. The van der Waals surface area contributed by atoms with E-state index in [1.165, 1.54) is 24.1 Å². The third-order valence-corrected chi connectivity index (χ3v) is 6.95. The number of carboxylic acids is 1. The number of hydrogen-bond donors (Lipinski definition) is 1. The third kappa shape index (κ3) is 4.69. The van der Waals surface area contributed by atoms with Gasteiger partial charge in [0.2, 0.25) is 11.5 Å². The Hall–Kier alpha value is -2.77. The molecule has 0 radical (unpaired) electrons. The molecule has 1 aromatic heterocycles. The SMILES string of the molecule is CO/N=C(/C(=O)CCl)C(=O)N[C@@H]1C(=O)N2C(C(=O)[O-])=C(CSC(=O)c3ccco3)CSC12. The minimum absolute atomic E-state index is 0.0121. The van der Waals surface area contributed by atoms with Crippen LogP contribution in [0.15, 0.2) is 39.2 Å². The van der Waals surface area contributed by atoms with Crippen molar-refractivity contribution in [2.45, 2.75) is 11.4 Å². The maximum atomic E-state index is 12.6. The summed E-state index contributed by atoms with van der Waals surface area (Å²) < 4.78 is 5.01. The van der Waals surface area contributed by atoms with Crippen LogP contribution in [-0.4, -0.2) is 75.2 Å². The number of nitrogens with zero attached hydrogens (tertiary/aromatic N) is 2. The van der Waals surface area contributed by atoms with Crippen LogP contribution in [0, 0.1) is 0 Å². The van der Waals surface area contributed by atoms with Crippen molar-refractivity contribution in [1.29, 1.82) is 0 Å². The average Bonchev–Trinajstić information content (AvgIpc) is 3.33. The van der Waals surface area contributed by atoms with Gasteiger partial charge in [0, 0.05) is 11.5 Å². The van der Waals surface area contributed by atoms with E-state index < -0.39 is 46.6 Å². The molecule has 0 aromatic carbocycles. The molecule has 0 saturated carbocycles. The normalized spacial score (nSPS) is 20.4. The largest absolute Gasteiger partial charge is 0.543 e. The van der Waals surface area contributed by atoms with E-state index >= 15 is 0 Å². The van der Waals surface area contributed by atoms with Crippen molar-refractivity contribution < 1.29 is 38.3 Å². The van der Waals surface area contributed by atoms with Crippen molar-refractivity contribution in [2.75, 3.05) is 24.5 Å². The van der Waals surface area contributed by atoms with Crippen LogP contribution in [0.2, 0.25) is 0 Å². The number of aliphatic carboxylic acids is 1. The Morgan fingerprint density at radius 1 is 1.44 bits per heavy atom. The highest BCUT2D eigenvalue weighted by molar-refractivity contribution is 8.14. The van der Waals surface area contributed by atoms with Gasteiger partial charge in [-0.3, -0.25) is 24.1 Å². The van der Waals surface area contributed by atoms with E-state index in [2.05, 4.69) is 15.3 Å². The van der Waals surface area contributed by atoms with E-state index in [0.717, 1.165) is 23.8 Å². The summed E-state index contributed by atoms with van der Waals surface area (Å²) in [7, 11) is 1.13. The van der Waals surface area contributed by atoms with E-state index in [1.807, 2.05) is 0 Å². The molecule has 3 heterocycles. The van der Waals surface area contributed by atoms with Crippen molar-refractivity contribution in [3.8, 4) is 0 Å². The summed E-state index contributed by atoms with van der Waals surface area (Å²) in [5, 5.41) is 16.3. The number of Topliss-reactive ketones (excluding diaryl/α,β-unsaturated/α-hetero) is 1. The maximum absolute atomic E-state index is 12.6. The molecule has 2 aliphatic rings. The van der Waals surface area contributed by atoms with Crippen molar-refractivity contribution in [3.05, 3.63) is 35.4 Å². The number of thioether (sulfide) groups is 2. The summed E-state index contributed by atoms with van der Waals surface area (Å²) in [5.74, 6) is -4.26. The van der Waals surface area contributed by atoms with Gasteiger partial charge in [-0.25, -0.2) is 0 Å². The predicted molar refractivity (Wildman–Crippen MR) is 113 cm³/mol. The Labute approximate surface area is 194 Å². The van der Waals surface area contributed by atoms with Gasteiger partial charge in [0.1, 0.15) is 18.5 Å². The summed E-state index contributed by atoms with van der Waals surface area (Å²) in [4.78, 5) is 66.1. The number of rotatable bonds is 9. The molecule has 0 bridgehead atoms. The lowest BCUT2D eigenvalue weighted by Gasteiger charge is -2.50. The van der Waals surface area contributed by atoms with Gasteiger partial charge in [-0.1, -0.05) is 16.9 Å². The number of oxime groups is 1. The molecule has 2 atom stereocenters. The molecule has 1 fully saturated rings. The van der Waals surface area contributed by atoms with Crippen LogP contribution < -0.4 is 10.4 Å². The average molecular weight is 501 g/mol. The van der Waals surface area contributed by atoms with Crippen LogP contribution in [0.5, 0.6) is 0 Å². The monoisotopic (exact) mass is 500 g/mol. The molecule has 3 rings (SSSR count). The lowest BCUT2D eigenvalue weighted by Crippen LogP contribution is -2.71. The number of carbonyl (C=O) groups is 5. The van der Waals surface area contributed by atoms with E-state index in [1.54, 1.807) is 6.07 Å². The van der Waals surface area contributed by atoms with Gasteiger partial charge in [-0.15, -0.1) is 23.4 Å². The quantitative estimate of drug-likeness (QED) is 0.152. The van der Waals surface area contributed by atoms with Gasteiger partial charge in [0.15, 0.2) is 5.76 Å². The van der Waals surface area contributed by atoms with Crippen LogP contribution in [-0.2, 0) is 24.0 Å². The first-order valence-corrected chi connectivity index (χ1v) is 11.5. The van der Waals surface area contributed by atoms with Gasteiger partial charge in [0.25, 0.3) is 16.9 Å². The van der Waals surface area contributed by atoms with Crippen molar-refractivity contribution in [1.82, 2.24) is 10.2 Å². The van der Waals surface area contributed by atoms with E-state index in [-0.39, 0.29) is 28.1 Å². The second-order valence-corrected chi connectivity index (χ2v) is 8.65.